The molecule has 0 aliphatic carbocycles. The molecular formula is C55H53N3O2. The summed E-state index contributed by atoms with van der Waals surface area (Å²) in [6, 6.07) is 49.2. The minimum absolute atomic E-state index is 0.00249. The van der Waals surface area contributed by atoms with Gasteiger partial charge < -0.3 is 9.47 Å². The van der Waals surface area contributed by atoms with E-state index in [0.717, 1.165) is 50.2 Å². The molecule has 0 radical (unpaired) electrons. The maximum absolute atomic E-state index is 6.97. The van der Waals surface area contributed by atoms with Crippen molar-refractivity contribution in [3.63, 3.8) is 0 Å². The molecule has 0 amide bonds. The van der Waals surface area contributed by atoms with Crippen LogP contribution < -0.4 is 4.74 Å². The zero-order chi connectivity index (χ0) is 41.9. The van der Waals surface area contributed by atoms with Crippen LogP contribution in [-0.2, 0) is 15.6 Å². The lowest BCUT2D eigenvalue weighted by Gasteiger charge is -2.20. The van der Waals surface area contributed by atoms with E-state index in [0.29, 0.717) is 11.6 Å². The molecule has 0 saturated carbocycles. The van der Waals surface area contributed by atoms with Crippen molar-refractivity contribution in [1.29, 1.82) is 0 Å². The van der Waals surface area contributed by atoms with Gasteiger partial charge in [-0.15, -0.1) is 0 Å². The molecule has 2 aromatic heterocycles. The third-order valence-electron chi connectivity index (χ3n) is 11.9. The minimum atomic E-state index is -0.270. The molecule has 8 aromatic rings. The number of aliphatic imine (C=N–C) groups is 1. The molecular weight excluding hydrogens is 735 g/mol. The second-order valence-corrected chi connectivity index (χ2v) is 18.5. The van der Waals surface area contributed by atoms with Crippen LogP contribution in [0.15, 0.2) is 151 Å². The van der Waals surface area contributed by atoms with Crippen molar-refractivity contribution in [3.05, 3.63) is 190 Å². The van der Waals surface area contributed by atoms with Gasteiger partial charge in [0.2, 0.25) is 5.90 Å². The molecule has 0 N–H and O–H groups in total. The molecule has 1 aliphatic rings. The van der Waals surface area contributed by atoms with Crippen molar-refractivity contribution >= 4 is 27.7 Å². The van der Waals surface area contributed by atoms with E-state index in [2.05, 4.69) is 194 Å². The maximum atomic E-state index is 6.97. The minimum Gasteiger partial charge on any atom is -0.467 e. The molecule has 0 spiro atoms. The zero-order valence-electron chi connectivity index (χ0n) is 36.2. The number of hydrogen-bond donors (Lipinski definition) is 0. The predicted octanol–water partition coefficient (Wildman–Crippen LogP) is 14.4. The van der Waals surface area contributed by atoms with Crippen molar-refractivity contribution in [3.8, 4) is 28.4 Å². The molecule has 5 heteroatoms. The van der Waals surface area contributed by atoms with Crippen LogP contribution in [-0.4, -0.2) is 15.4 Å². The highest BCUT2D eigenvalue weighted by Gasteiger charge is 2.34. The first-order valence-electron chi connectivity index (χ1n) is 21.0. The third kappa shape index (κ3) is 7.38. The number of aryl methyl sites for hydroxylation is 3. The molecule has 6 aromatic carbocycles. The molecule has 0 bridgehead atoms. The standard InChI is InChI=1S/C55H53N3O2/c1-34-26-35(2)50(36(3)27-34)39-28-40(53-57-51(37-16-12-10-13-17-37)52(60-53)38-18-14-11-15-19-38)30-44(29-39)59-43-21-22-45-46-31-41(54(4,5)6)20-23-47(46)58(48(45)33-43)49-32-42(24-25-56-49)55(7,8)9/h10-33,51-52H,1-9H3/t51-,52-/m1/s1. The van der Waals surface area contributed by atoms with Gasteiger partial charge in [0.25, 0.3) is 0 Å². The van der Waals surface area contributed by atoms with Crippen molar-refractivity contribution in [2.75, 3.05) is 0 Å². The SMILES string of the molecule is Cc1cc(C)c(-c2cc(Oc3ccc4c5cc(C(C)(C)C)ccc5n(-c5cc(C(C)(C)C)ccn5)c4c3)cc(C3=N[C@H](c4ccccc4)[C@@H](c4ccccc4)O3)c2)c(C)c1. The second kappa shape index (κ2) is 15.0. The van der Waals surface area contributed by atoms with Crippen molar-refractivity contribution in [2.45, 2.75) is 85.3 Å². The maximum Gasteiger partial charge on any atom is 0.217 e. The van der Waals surface area contributed by atoms with Gasteiger partial charge in [-0.2, -0.15) is 0 Å². The summed E-state index contributed by atoms with van der Waals surface area (Å²) in [4.78, 5) is 10.3. The van der Waals surface area contributed by atoms with Gasteiger partial charge in [-0.05, 0) is 131 Å². The lowest BCUT2D eigenvalue weighted by atomic mass is 9.86. The molecule has 2 atom stereocenters. The number of ether oxygens (including phenoxy) is 2. The summed E-state index contributed by atoms with van der Waals surface area (Å²) in [5.74, 6) is 2.92. The Bertz CT molecular complexity index is 2910. The van der Waals surface area contributed by atoms with Crippen molar-refractivity contribution < 1.29 is 9.47 Å². The van der Waals surface area contributed by atoms with Crippen LogP contribution >= 0.6 is 0 Å². The van der Waals surface area contributed by atoms with Crippen LogP contribution in [0.5, 0.6) is 11.5 Å². The molecule has 0 saturated heterocycles. The summed E-state index contributed by atoms with van der Waals surface area (Å²) in [7, 11) is 0. The van der Waals surface area contributed by atoms with Gasteiger partial charge in [0.15, 0.2) is 6.10 Å². The quantitative estimate of drug-likeness (QED) is 0.162. The summed E-state index contributed by atoms with van der Waals surface area (Å²) in [5, 5.41) is 2.35. The number of benzene rings is 6. The summed E-state index contributed by atoms with van der Waals surface area (Å²) in [6.45, 7) is 20.0. The van der Waals surface area contributed by atoms with Crippen LogP contribution in [0.25, 0.3) is 38.8 Å². The molecule has 60 heavy (non-hydrogen) atoms. The van der Waals surface area contributed by atoms with Crippen molar-refractivity contribution in [2.24, 2.45) is 4.99 Å². The Hall–Kier alpha value is -6.46. The number of nitrogens with zero attached hydrogens (tertiary/aromatic N) is 3. The first kappa shape index (κ1) is 39.0. The number of hydrogen-bond acceptors (Lipinski definition) is 4. The van der Waals surface area contributed by atoms with Crippen LogP contribution in [0.4, 0.5) is 0 Å². The molecule has 9 rings (SSSR count). The first-order chi connectivity index (χ1) is 28.7. The summed E-state index contributed by atoms with van der Waals surface area (Å²) < 4.78 is 16.1. The Balaban J connectivity index is 1.20. The van der Waals surface area contributed by atoms with E-state index < -0.39 is 0 Å². The Kier molecular flexibility index (Phi) is 9.74. The van der Waals surface area contributed by atoms with E-state index in [-0.39, 0.29) is 23.0 Å². The average Bonchev–Trinajstić information content (AvgIpc) is 3.80. The first-order valence-corrected chi connectivity index (χ1v) is 21.0. The largest absolute Gasteiger partial charge is 0.467 e. The normalized spacial score (nSPS) is 15.7. The number of aromatic nitrogens is 2. The average molecular weight is 788 g/mol. The highest BCUT2D eigenvalue weighted by molar-refractivity contribution is 6.10. The molecule has 0 fully saturated rings. The van der Waals surface area contributed by atoms with Crippen LogP contribution in [0.1, 0.15) is 98.2 Å². The molecule has 5 nitrogen and oxygen atoms in total. The van der Waals surface area contributed by atoms with Gasteiger partial charge in [-0.1, -0.05) is 126 Å². The number of fused-ring (bicyclic) bond motifs is 3. The third-order valence-corrected chi connectivity index (χ3v) is 11.9. The Morgan fingerprint density at radius 2 is 1.22 bits per heavy atom. The van der Waals surface area contributed by atoms with Crippen LogP contribution in [0, 0.1) is 20.8 Å². The highest BCUT2D eigenvalue weighted by Crippen LogP contribution is 2.44. The number of pyridine rings is 1. The van der Waals surface area contributed by atoms with Gasteiger partial charge in [0.05, 0.1) is 11.0 Å². The van der Waals surface area contributed by atoms with Gasteiger partial charge in [-0.3, -0.25) is 4.57 Å². The molecule has 3 heterocycles. The molecule has 300 valence electrons. The summed E-state index contributed by atoms with van der Waals surface area (Å²) in [6.07, 6.45) is 1.66. The fraction of sp³-hybridized carbons (Fsp3) is 0.236. The van der Waals surface area contributed by atoms with E-state index >= 15 is 0 Å². The zero-order valence-corrected chi connectivity index (χ0v) is 36.2. The smallest absolute Gasteiger partial charge is 0.217 e. The van der Waals surface area contributed by atoms with E-state index in [9.17, 15) is 0 Å². The number of rotatable bonds is 7. The van der Waals surface area contributed by atoms with E-state index in [1.165, 1.54) is 38.8 Å². The van der Waals surface area contributed by atoms with Crippen molar-refractivity contribution in [1.82, 2.24) is 9.55 Å². The monoisotopic (exact) mass is 787 g/mol. The topological polar surface area (TPSA) is 48.6 Å². The Labute approximate surface area is 354 Å². The Morgan fingerprint density at radius 1 is 0.567 bits per heavy atom. The summed E-state index contributed by atoms with van der Waals surface area (Å²) in [5.41, 5.74) is 13.6. The van der Waals surface area contributed by atoms with E-state index in [1.54, 1.807) is 0 Å². The van der Waals surface area contributed by atoms with Gasteiger partial charge >= 0.3 is 0 Å². The van der Waals surface area contributed by atoms with Gasteiger partial charge in [-0.25, -0.2) is 9.98 Å². The van der Waals surface area contributed by atoms with E-state index in [4.69, 9.17) is 19.5 Å². The lowest BCUT2D eigenvalue weighted by molar-refractivity contribution is 0.197. The van der Waals surface area contributed by atoms with Crippen LogP contribution in [0.2, 0.25) is 0 Å². The van der Waals surface area contributed by atoms with Gasteiger partial charge in [0, 0.05) is 28.6 Å². The molecule has 0 unspecified atom stereocenters. The van der Waals surface area contributed by atoms with Gasteiger partial charge in [0.1, 0.15) is 23.4 Å². The van der Waals surface area contributed by atoms with Crippen LogP contribution in [0.3, 0.4) is 0 Å². The van der Waals surface area contributed by atoms with E-state index in [1.807, 2.05) is 18.3 Å². The second-order valence-electron chi connectivity index (χ2n) is 18.5. The molecule has 1 aliphatic heterocycles. The highest BCUT2D eigenvalue weighted by atomic mass is 16.5. The fourth-order valence-electron chi connectivity index (χ4n) is 8.83. The fourth-order valence-corrected chi connectivity index (χ4v) is 8.83. The lowest BCUT2D eigenvalue weighted by Crippen LogP contribution is -2.12. The predicted molar refractivity (Wildman–Crippen MR) is 248 cm³/mol. The Morgan fingerprint density at radius 3 is 1.90 bits per heavy atom. The summed E-state index contributed by atoms with van der Waals surface area (Å²) >= 11 is 0.